The number of rotatable bonds is 6. The Morgan fingerprint density at radius 3 is 2.38 bits per heavy atom. The van der Waals surface area contributed by atoms with Crippen molar-refractivity contribution in [2.75, 3.05) is 6.54 Å². The molecule has 1 N–H and O–H groups in total. The number of hydrogen-bond donors (Lipinski definition) is 1. The number of amides is 1. The number of nitrogens with one attached hydrogen (secondary N) is 1. The molecule has 0 heterocycles. The lowest BCUT2D eigenvalue weighted by molar-refractivity contribution is 0.0943. The number of halogens is 1. The normalized spacial score (nSPS) is 18.8. The summed E-state index contributed by atoms with van der Waals surface area (Å²) < 4.78 is 22.6. The minimum Gasteiger partial charge on any atom is -0.352 e. The number of benzene rings is 1. The fraction of sp³-hybridized carbons (Fsp3) is 0.533. The molecular weight excluding hydrogens is 310 g/mol. The first-order valence-corrected chi connectivity index (χ1v) is 9.59. The molecule has 0 aliphatic heterocycles. The Kier molecular flexibility index (Phi) is 3.97. The Labute approximate surface area is 129 Å². The van der Waals surface area contributed by atoms with Gasteiger partial charge in [0.25, 0.3) is 15.0 Å². The molecule has 0 spiro atoms. The van der Waals surface area contributed by atoms with Crippen molar-refractivity contribution in [3.63, 3.8) is 0 Å². The van der Waals surface area contributed by atoms with Crippen LogP contribution in [0.1, 0.15) is 36.0 Å². The Hall–Kier alpha value is -1.07. The predicted molar refractivity (Wildman–Crippen MR) is 80.8 cm³/mol. The van der Waals surface area contributed by atoms with Gasteiger partial charge in [0, 0.05) is 22.8 Å². The molecule has 0 saturated heterocycles. The summed E-state index contributed by atoms with van der Waals surface area (Å²) in [5.74, 6) is 1.90. The standard InChI is InChI=1S/C15H18ClNO3S/c16-21(19,20)13-3-1-2-12(8-13)15(18)17-9-14(10-4-5-10)11-6-7-11/h1-3,8,10-11,14H,4-7,9H2,(H,17,18). The first-order chi connectivity index (χ1) is 9.95. The van der Waals surface area contributed by atoms with Gasteiger partial charge >= 0.3 is 0 Å². The molecule has 0 radical (unpaired) electrons. The van der Waals surface area contributed by atoms with Crippen molar-refractivity contribution in [1.29, 1.82) is 0 Å². The van der Waals surface area contributed by atoms with Crippen molar-refractivity contribution in [3.8, 4) is 0 Å². The fourth-order valence-corrected chi connectivity index (χ4v) is 3.67. The van der Waals surface area contributed by atoms with E-state index >= 15 is 0 Å². The molecule has 2 aliphatic carbocycles. The second kappa shape index (κ2) is 5.61. The molecule has 2 aliphatic rings. The third-order valence-electron chi connectivity index (χ3n) is 4.33. The summed E-state index contributed by atoms with van der Waals surface area (Å²) in [6.45, 7) is 0.687. The van der Waals surface area contributed by atoms with Gasteiger partial charge in [-0.2, -0.15) is 0 Å². The average Bonchev–Trinajstić information content (AvgIpc) is 3.31. The molecule has 0 aromatic heterocycles. The van der Waals surface area contributed by atoms with Crippen LogP contribution in [0.4, 0.5) is 0 Å². The lowest BCUT2D eigenvalue weighted by atomic mass is 9.98. The van der Waals surface area contributed by atoms with Gasteiger partial charge in [0.1, 0.15) is 0 Å². The lowest BCUT2D eigenvalue weighted by Gasteiger charge is -2.16. The van der Waals surface area contributed by atoms with E-state index in [0.717, 1.165) is 11.8 Å². The zero-order chi connectivity index (χ0) is 15.0. The van der Waals surface area contributed by atoms with Crippen LogP contribution in [-0.2, 0) is 9.05 Å². The quantitative estimate of drug-likeness (QED) is 0.817. The van der Waals surface area contributed by atoms with E-state index in [1.54, 1.807) is 6.07 Å². The molecule has 114 valence electrons. The number of carbonyl (C=O) groups is 1. The van der Waals surface area contributed by atoms with E-state index < -0.39 is 9.05 Å². The molecule has 21 heavy (non-hydrogen) atoms. The van der Waals surface area contributed by atoms with Crippen molar-refractivity contribution in [2.24, 2.45) is 17.8 Å². The topological polar surface area (TPSA) is 63.2 Å². The minimum atomic E-state index is -3.80. The molecule has 0 unspecified atom stereocenters. The molecule has 0 bridgehead atoms. The van der Waals surface area contributed by atoms with Crippen LogP contribution in [0.2, 0.25) is 0 Å². The third kappa shape index (κ3) is 3.77. The third-order valence-corrected chi connectivity index (χ3v) is 5.68. The summed E-state index contributed by atoms with van der Waals surface area (Å²) in [4.78, 5) is 12.1. The summed E-state index contributed by atoms with van der Waals surface area (Å²) in [7, 11) is 1.50. The molecule has 4 nitrogen and oxygen atoms in total. The zero-order valence-electron chi connectivity index (χ0n) is 11.6. The van der Waals surface area contributed by atoms with Gasteiger partial charge in [-0.05, 0) is 61.6 Å². The second-order valence-corrected chi connectivity index (χ2v) is 8.58. The highest BCUT2D eigenvalue weighted by molar-refractivity contribution is 8.13. The Morgan fingerprint density at radius 2 is 1.86 bits per heavy atom. The van der Waals surface area contributed by atoms with E-state index in [9.17, 15) is 13.2 Å². The lowest BCUT2D eigenvalue weighted by Crippen LogP contribution is -2.31. The van der Waals surface area contributed by atoms with E-state index in [2.05, 4.69) is 5.32 Å². The summed E-state index contributed by atoms with van der Waals surface area (Å²) in [6, 6.07) is 5.84. The summed E-state index contributed by atoms with van der Waals surface area (Å²) >= 11 is 0. The summed E-state index contributed by atoms with van der Waals surface area (Å²) in [5.41, 5.74) is 0.335. The molecule has 2 saturated carbocycles. The number of carbonyl (C=O) groups excluding carboxylic acids is 1. The summed E-state index contributed by atoms with van der Waals surface area (Å²) in [6.07, 6.45) is 5.10. The van der Waals surface area contributed by atoms with Crippen molar-refractivity contribution in [2.45, 2.75) is 30.6 Å². The van der Waals surface area contributed by atoms with Crippen molar-refractivity contribution < 1.29 is 13.2 Å². The van der Waals surface area contributed by atoms with E-state index in [1.807, 2.05) is 0 Å². The van der Waals surface area contributed by atoms with Gasteiger partial charge in [0.15, 0.2) is 0 Å². The van der Waals surface area contributed by atoms with Crippen LogP contribution >= 0.6 is 10.7 Å². The Morgan fingerprint density at radius 1 is 1.24 bits per heavy atom. The van der Waals surface area contributed by atoms with Gasteiger partial charge in [-0.3, -0.25) is 4.79 Å². The molecule has 1 amide bonds. The molecule has 0 atom stereocenters. The van der Waals surface area contributed by atoms with E-state index in [0.29, 0.717) is 18.0 Å². The van der Waals surface area contributed by atoms with Gasteiger partial charge in [-0.1, -0.05) is 6.07 Å². The first kappa shape index (κ1) is 14.9. The van der Waals surface area contributed by atoms with Crippen molar-refractivity contribution in [1.82, 2.24) is 5.32 Å². The minimum absolute atomic E-state index is 0.0437. The van der Waals surface area contributed by atoms with Gasteiger partial charge in [0.05, 0.1) is 4.90 Å². The zero-order valence-corrected chi connectivity index (χ0v) is 13.2. The fourth-order valence-electron chi connectivity index (χ4n) is 2.87. The monoisotopic (exact) mass is 327 g/mol. The average molecular weight is 328 g/mol. The Balaban J connectivity index is 1.65. The van der Waals surface area contributed by atoms with Gasteiger partial charge in [0.2, 0.25) is 0 Å². The van der Waals surface area contributed by atoms with Crippen LogP contribution in [0.5, 0.6) is 0 Å². The highest BCUT2D eigenvalue weighted by Gasteiger charge is 2.41. The molecular formula is C15H18ClNO3S. The van der Waals surface area contributed by atoms with E-state index in [1.165, 1.54) is 43.9 Å². The summed E-state index contributed by atoms with van der Waals surface area (Å²) in [5, 5.41) is 2.94. The van der Waals surface area contributed by atoms with Gasteiger partial charge in [-0.15, -0.1) is 0 Å². The van der Waals surface area contributed by atoms with Crippen LogP contribution in [0.25, 0.3) is 0 Å². The highest BCUT2D eigenvalue weighted by Crippen LogP contribution is 2.48. The van der Waals surface area contributed by atoms with Crippen LogP contribution in [-0.4, -0.2) is 20.9 Å². The largest absolute Gasteiger partial charge is 0.352 e. The molecule has 1 aromatic carbocycles. The van der Waals surface area contributed by atoms with E-state index in [4.69, 9.17) is 10.7 Å². The maximum absolute atomic E-state index is 12.2. The molecule has 3 rings (SSSR count). The smallest absolute Gasteiger partial charge is 0.261 e. The Bertz CT molecular complexity index is 639. The van der Waals surface area contributed by atoms with Crippen LogP contribution in [0.15, 0.2) is 29.2 Å². The predicted octanol–water partition coefficient (Wildman–Crippen LogP) is 2.78. The molecule has 2 fully saturated rings. The van der Waals surface area contributed by atoms with Crippen LogP contribution < -0.4 is 5.32 Å². The van der Waals surface area contributed by atoms with Gasteiger partial charge < -0.3 is 5.32 Å². The van der Waals surface area contributed by atoms with E-state index in [-0.39, 0.29) is 10.8 Å². The second-order valence-electron chi connectivity index (χ2n) is 6.01. The van der Waals surface area contributed by atoms with Crippen LogP contribution in [0.3, 0.4) is 0 Å². The number of hydrogen-bond acceptors (Lipinski definition) is 3. The molecule has 6 heteroatoms. The van der Waals surface area contributed by atoms with Gasteiger partial charge in [-0.25, -0.2) is 8.42 Å². The van der Waals surface area contributed by atoms with Crippen molar-refractivity contribution >= 4 is 25.6 Å². The maximum atomic E-state index is 12.2. The maximum Gasteiger partial charge on any atom is 0.261 e. The van der Waals surface area contributed by atoms with Crippen molar-refractivity contribution in [3.05, 3.63) is 29.8 Å². The highest BCUT2D eigenvalue weighted by atomic mass is 35.7. The first-order valence-electron chi connectivity index (χ1n) is 7.28. The molecule has 1 aromatic rings. The SMILES string of the molecule is O=C(NCC(C1CC1)C1CC1)c1cccc(S(=O)(=O)Cl)c1. The van der Waals surface area contributed by atoms with Crippen LogP contribution in [0, 0.1) is 17.8 Å².